The predicted octanol–water partition coefficient (Wildman–Crippen LogP) is 2.29. The molecule has 6 heteroatoms. The Bertz CT molecular complexity index is 433. The predicted molar refractivity (Wildman–Crippen MR) is 56.8 cm³/mol. The van der Waals surface area contributed by atoms with Crippen LogP contribution in [0.1, 0.15) is 11.6 Å². The summed E-state index contributed by atoms with van der Waals surface area (Å²) in [6.45, 7) is 0.628. The second-order valence-electron chi connectivity index (χ2n) is 3.03. The van der Waals surface area contributed by atoms with Crippen LogP contribution in [0.5, 0.6) is 0 Å². The van der Waals surface area contributed by atoms with Gasteiger partial charge in [-0.3, -0.25) is 5.32 Å². The molecule has 1 unspecified atom stereocenters. The van der Waals surface area contributed by atoms with Crippen molar-refractivity contribution < 1.29 is 4.39 Å². The van der Waals surface area contributed by atoms with Gasteiger partial charge in [0.1, 0.15) is 11.9 Å². The molecule has 0 saturated heterocycles. The molecular weight excluding hydrogens is 209 g/mol. The van der Waals surface area contributed by atoms with Crippen LogP contribution in [-0.2, 0) is 0 Å². The topological polar surface area (TPSA) is 84.6 Å². The van der Waals surface area contributed by atoms with E-state index in [4.69, 9.17) is 10.8 Å². The van der Waals surface area contributed by atoms with Crippen LogP contribution >= 0.6 is 0 Å². The van der Waals surface area contributed by atoms with Crippen molar-refractivity contribution in [2.45, 2.75) is 6.04 Å². The summed E-state index contributed by atoms with van der Waals surface area (Å²) in [4.78, 5) is 2.59. The molecule has 0 saturated carbocycles. The molecule has 1 N–H and O–H groups in total. The van der Waals surface area contributed by atoms with Crippen LogP contribution in [-0.4, -0.2) is 13.1 Å². The Morgan fingerprint density at radius 1 is 1.62 bits per heavy atom. The van der Waals surface area contributed by atoms with Crippen molar-refractivity contribution in [2.24, 2.45) is 5.11 Å². The lowest BCUT2D eigenvalue weighted by molar-refractivity contribution is 0.607. The van der Waals surface area contributed by atoms with E-state index in [9.17, 15) is 4.39 Å². The first-order chi connectivity index (χ1) is 7.77. The molecule has 0 heterocycles. The highest BCUT2D eigenvalue weighted by Crippen LogP contribution is 2.12. The van der Waals surface area contributed by atoms with Crippen LogP contribution < -0.4 is 5.32 Å². The summed E-state index contributed by atoms with van der Waals surface area (Å²) in [5, 5.41) is 15.1. The number of nitrogens with zero attached hydrogens (tertiary/aromatic N) is 4. The number of nitriles is 1. The van der Waals surface area contributed by atoms with Crippen LogP contribution in [0.25, 0.3) is 10.4 Å². The third kappa shape index (κ3) is 3.58. The van der Waals surface area contributed by atoms with Crippen LogP contribution in [0.15, 0.2) is 29.4 Å². The fourth-order valence-corrected chi connectivity index (χ4v) is 1.23. The van der Waals surface area contributed by atoms with Gasteiger partial charge in [-0.1, -0.05) is 17.2 Å². The monoisotopic (exact) mass is 219 g/mol. The molecule has 82 valence electrons. The maximum Gasteiger partial charge on any atom is 0.123 e. The van der Waals surface area contributed by atoms with Gasteiger partial charge in [0, 0.05) is 18.0 Å². The molecule has 1 aromatic rings. The van der Waals surface area contributed by atoms with E-state index in [2.05, 4.69) is 15.3 Å². The number of azide groups is 1. The molecule has 0 bridgehead atoms. The molecule has 0 fully saturated rings. The van der Waals surface area contributed by atoms with Crippen LogP contribution in [0.2, 0.25) is 0 Å². The van der Waals surface area contributed by atoms with E-state index in [1.165, 1.54) is 12.1 Å². The fourth-order valence-electron chi connectivity index (χ4n) is 1.23. The first-order valence-corrected chi connectivity index (χ1v) is 4.67. The maximum atomic E-state index is 12.9. The minimum Gasteiger partial charge on any atom is -0.298 e. The molecule has 0 radical (unpaired) electrons. The van der Waals surface area contributed by atoms with Crippen LogP contribution in [0, 0.1) is 17.1 Å². The standard InChI is InChI=1S/C10H10FN5/c11-9-3-1-2-8(6-9)10(7-12)14-4-5-15-16-13/h1-3,6,10,14H,4-5H2. The minimum atomic E-state index is -0.593. The summed E-state index contributed by atoms with van der Waals surface area (Å²) in [5.74, 6) is -0.380. The molecule has 16 heavy (non-hydrogen) atoms. The van der Waals surface area contributed by atoms with Gasteiger partial charge in [-0.25, -0.2) is 4.39 Å². The zero-order valence-electron chi connectivity index (χ0n) is 8.47. The maximum absolute atomic E-state index is 12.9. The third-order valence-electron chi connectivity index (χ3n) is 1.93. The second kappa shape index (κ2) is 6.40. The van der Waals surface area contributed by atoms with Gasteiger partial charge in [0.15, 0.2) is 0 Å². The van der Waals surface area contributed by atoms with E-state index in [0.29, 0.717) is 12.1 Å². The smallest absolute Gasteiger partial charge is 0.123 e. The Kier molecular flexibility index (Phi) is 4.80. The number of halogens is 1. The zero-order chi connectivity index (χ0) is 11.8. The Balaban J connectivity index is 2.61. The van der Waals surface area contributed by atoms with E-state index in [1.807, 2.05) is 6.07 Å². The zero-order valence-corrected chi connectivity index (χ0v) is 8.47. The van der Waals surface area contributed by atoms with Crippen molar-refractivity contribution in [1.82, 2.24) is 5.32 Å². The van der Waals surface area contributed by atoms with Crippen molar-refractivity contribution in [3.8, 4) is 6.07 Å². The average Bonchev–Trinajstić information content (AvgIpc) is 2.29. The largest absolute Gasteiger partial charge is 0.298 e. The Morgan fingerprint density at radius 2 is 2.44 bits per heavy atom. The van der Waals surface area contributed by atoms with Crippen molar-refractivity contribution in [3.63, 3.8) is 0 Å². The summed E-state index contributed by atoms with van der Waals surface area (Å²) >= 11 is 0. The lowest BCUT2D eigenvalue weighted by atomic mass is 10.1. The van der Waals surface area contributed by atoms with Gasteiger partial charge in [-0.05, 0) is 23.2 Å². The minimum absolute atomic E-state index is 0.254. The van der Waals surface area contributed by atoms with Crippen molar-refractivity contribution in [1.29, 1.82) is 5.26 Å². The molecule has 0 aliphatic rings. The van der Waals surface area contributed by atoms with Gasteiger partial charge in [0.05, 0.1) is 6.07 Å². The van der Waals surface area contributed by atoms with Gasteiger partial charge in [-0.15, -0.1) is 0 Å². The molecular formula is C10H10FN5. The lowest BCUT2D eigenvalue weighted by Gasteiger charge is -2.10. The molecule has 5 nitrogen and oxygen atoms in total. The van der Waals surface area contributed by atoms with Crippen molar-refractivity contribution in [2.75, 3.05) is 13.1 Å². The number of rotatable bonds is 5. The molecule has 0 aliphatic heterocycles. The Labute approximate surface area is 92.1 Å². The third-order valence-corrected chi connectivity index (χ3v) is 1.93. The molecule has 0 spiro atoms. The number of benzene rings is 1. The summed E-state index contributed by atoms with van der Waals surface area (Å²) in [5.41, 5.74) is 8.62. The Hall–Kier alpha value is -2.09. The quantitative estimate of drug-likeness (QED) is 0.356. The number of hydrogen-bond acceptors (Lipinski definition) is 3. The van der Waals surface area contributed by atoms with Crippen molar-refractivity contribution >= 4 is 0 Å². The Morgan fingerprint density at radius 3 is 3.06 bits per heavy atom. The van der Waals surface area contributed by atoms with Gasteiger partial charge in [0.25, 0.3) is 0 Å². The molecule has 0 aliphatic carbocycles. The van der Waals surface area contributed by atoms with Gasteiger partial charge >= 0.3 is 0 Å². The lowest BCUT2D eigenvalue weighted by Crippen LogP contribution is -2.22. The van der Waals surface area contributed by atoms with Gasteiger partial charge in [-0.2, -0.15) is 5.26 Å². The molecule has 1 rings (SSSR count). The highest BCUT2D eigenvalue weighted by atomic mass is 19.1. The number of nitrogens with one attached hydrogen (secondary N) is 1. The van der Waals surface area contributed by atoms with E-state index >= 15 is 0 Å². The molecule has 0 aromatic heterocycles. The highest BCUT2D eigenvalue weighted by molar-refractivity contribution is 5.24. The summed E-state index contributed by atoms with van der Waals surface area (Å²) in [6, 6.07) is 7.24. The normalized spacial score (nSPS) is 11.2. The molecule has 1 atom stereocenters. The van der Waals surface area contributed by atoms with Crippen LogP contribution in [0.4, 0.5) is 4.39 Å². The van der Waals surface area contributed by atoms with Gasteiger partial charge in [0.2, 0.25) is 0 Å². The summed E-state index contributed by atoms with van der Waals surface area (Å²) < 4.78 is 12.9. The number of hydrogen-bond donors (Lipinski definition) is 1. The highest BCUT2D eigenvalue weighted by Gasteiger charge is 2.09. The van der Waals surface area contributed by atoms with E-state index in [1.54, 1.807) is 12.1 Å². The molecule has 0 amide bonds. The summed E-state index contributed by atoms with van der Waals surface area (Å²) in [6.07, 6.45) is 0. The second-order valence-corrected chi connectivity index (χ2v) is 3.03. The van der Waals surface area contributed by atoms with E-state index in [-0.39, 0.29) is 12.4 Å². The fraction of sp³-hybridized carbons (Fsp3) is 0.300. The van der Waals surface area contributed by atoms with Gasteiger partial charge < -0.3 is 0 Å². The van der Waals surface area contributed by atoms with E-state index < -0.39 is 6.04 Å². The first kappa shape index (κ1) is 12.0. The van der Waals surface area contributed by atoms with E-state index in [0.717, 1.165) is 0 Å². The summed E-state index contributed by atoms with van der Waals surface area (Å²) in [7, 11) is 0. The van der Waals surface area contributed by atoms with Crippen molar-refractivity contribution in [3.05, 3.63) is 46.1 Å². The first-order valence-electron chi connectivity index (χ1n) is 4.67. The molecule has 1 aromatic carbocycles. The van der Waals surface area contributed by atoms with Crippen LogP contribution in [0.3, 0.4) is 0 Å². The SMILES string of the molecule is N#CC(NCCN=[N+]=[N-])c1cccc(F)c1. The average molecular weight is 219 g/mol.